The lowest BCUT2D eigenvalue weighted by Gasteiger charge is -2.67. The number of hydrogen-bond acceptors (Lipinski definition) is 1. The molecule has 8 aliphatic carbocycles. The van der Waals surface area contributed by atoms with E-state index >= 15 is 0 Å². The fourth-order valence-corrected chi connectivity index (χ4v) is 21.7. The molecule has 0 heterocycles. The third-order valence-electron chi connectivity index (χ3n) is 13.8. The number of nitrogens with one attached hydrogen (secondary N) is 1. The summed E-state index contributed by atoms with van der Waals surface area (Å²) in [5.41, 5.74) is 1.50. The minimum Gasteiger partial charge on any atom is -0.242 e. The molecule has 260 valence electrons. The second-order valence-electron chi connectivity index (χ2n) is 18.5. The highest BCUT2D eigenvalue weighted by molar-refractivity contribution is 7.84. The van der Waals surface area contributed by atoms with Gasteiger partial charge in [0.2, 0.25) is 0 Å². The van der Waals surface area contributed by atoms with E-state index in [9.17, 15) is 4.21 Å². The molecule has 2 unspecified atom stereocenters. The SMILES string of the molecule is CC(C)(C)S(=O)NC(CP(c1ccccc1)c1ccccc1)c1ccccc1P(C12CC3CC(CC(C3)C1)C2)C12CC3CC(CC(C3)C1)C2. The Morgan fingerprint density at radius 3 is 1.43 bits per heavy atom. The van der Waals surface area contributed by atoms with Crippen LogP contribution in [0.25, 0.3) is 0 Å². The summed E-state index contributed by atoms with van der Waals surface area (Å²) < 4.78 is 17.8. The first kappa shape index (κ1) is 33.5. The second kappa shape index (κ2) is 12.9. The van der Waals surface area contributed by atoms with Gasteiger partial charge in [0.1, 0.15) is 0 Å². The van der Waals surface area contributed by atoms with Crippen LogP contribution >= 0.6 is 15.8 Å². The Bertz CT molecular complexity index is 1510. The molecular formula is C44H57NOP2S. The normalized spacial score (nSPS) is 36.2. The maximum Gasteiger partial charge on any atom is 0.0976 e. The lowest BCUT2D eigenvalue weighted by molar-refractivity contribution is 0.0195. The van der Waals surface area contributed by atoms with Crippen molar-refractivity contribution in [2.75, 3.05) is 6.16 Å². The average molecular weight is 710 g/mol. The van der Waals surface area contributed by atoms with Gasteiger partial charge in [-0.05, 0) is 179 Å². The van der Waals surface area contributed by atoms with Gasteiger partial charge in [0.25, 0.3) is 0 Å². The number of hydrogen-bond donors (Lipinski definition) is 1. The summed E-state index contributed by atoms with van der Waals surface area (Å²) in [6.45, 7) is 6.40. The van der Waals surface area contributed by atoms with Gasteiger partial charge in [-0.1, -0.05) is 92.9 Å². The van der Waals surface area contributed by atoms with Crippen molar-refractivity contribution in [3.8, 4) is 0 Å². The van der Waals surface area contributed by atoms with Crippen molar-refractivity contribution in [3.63, 3.8) is 0 Å². The first-order chi connectivity index (χ1) is 23.7. The molecule has 0 spiro atoms. The highest BCUT2D eigenvalue weighted by Crippen LogP contribution is 2.78. The Kier molecular flexibility index (Phi) is 8.84. The zero-order chi connectivity index (χ0) is 33.4. The van der Waals surface area contributed by atoms with Crippen molar-refractivity contribution in [2.45, 2.75) is 119 Å². The molecule has 3 aromatic rings. The molecule has 0 radical (unpaired) electrons. The zero-order valence-corrected chi connectivity index (χ0v) is 32.6. The van der Waals surface area contributed by atoms with Gasteiger partial charge in [0.05, 0.1) is 15.7 Å². The van der Waals surface area contributed by atoms with Gasteiger partial charge in [-0.15, -0.1) is 0 Å². The van der Waals surface area contributed by atoms with Gasteiger partial charge in [-0.2, -0.15) is 0 Å². The van der Waals surface area contributed by atoms with Crippen LogP contribution in [0.1, 0.15) is 109 Å². The smallest absolute Gasteiger partial charge is 0.0976 e. The third-order valence-corrected chi connectivity index (χ3v) is 21.9. The van der Waals surface area contributed by atoms with E-state index in [1.54, 1.807) is 5.30 Å². The Balaban J connectivity index is 1.19. The van der Waals surface area contributed by atoms with E-state index in [0.717, 1.165) is 41.7 Å². The van der Waals surface area contributed by atoms with Crippen LogP contribution in [-0.4, -0.2) is 25.4 Å². The van der Waals surface area contributed by atoms with Crippen molar-refractivity contribution in [3.05, 3.63) is 90.5 Å². The highest BCUT2D eigenvalue weighted by atomic mass is 32.2. The molecular weight excluding hydrogens is 653 g/mol. The van der Waals surface area contributed by atoms with Crippen LogP contribution in [0.15, 0.2) is 84.9 Å². The van der Waals surface area contributed by atoms with E-state index in [2.05, 4.69) is 110 Å². The summed E-state index contributed by atoms with van der Waals surface area (Å²) in [6, 6.07) is 32.3. The highest BCUT2D eigenvalue weighted by Gasteiger charge is 2.63. The average Bonchev–Trinajstić information content (AvgIpc) is 3.06. The van der Waals surface area contributed by atoms with E-state index in [4.69, 9.17) is 0 Å². The maximum absolute atomic E-state index is 14.2. The minimum atomic E-state index is -1.17. The van der Waals surface area contributed by atoms with Gasteiger partial charge in [-0.25, -0.2) is 8.93 Å². The molecule has 8 fully saturated rings. The summed E-state index contributed by atoms with van der Waals surface area (Å²) in [5, 5.41) is 5.56. The number of benzene rings is 3. The van der Waals surface area contributed by atoms with E-state index in [-0.39, 0.29) is 18.7 Å². The second-order valence-corrected chi connectivity index (χ2v) is 25.8. The molecule has 8 bridgehead atoms. The summed E-state index contributed by atoms with van der Waals surface area (Å²) in [7, 11) is -2.20. The van der Waals surface area contributed by atoms with Gasteiger partial charge < -0.3 is 0 Å². The first-order valence-electron chi connectivity index (χ1n) is 19.6. The van der Waals surface area contributed by atoms with E-state index in [0.29, 0.717) is 10.3 Å². The van der Waals surface area contributed by atoms with Gasteiger partial charge in [0, 0.05) is 6.04 Å². The summed E-state index contributed by atoms with van der Waals surface area (Å²) in [4.78, 5) is 0. The molecule has 2 nitrogen and oxygen atoms in total. The minimum absolute atomic E-state index is 0.0376. The molecule has 0 saturated heterocycles. The predicted octanol–water partition coefficient (Wildman–Crippen LogP) is 9.96. The van der Waals surface area contributed by atoms with Crippen LogP contribution < -0.4 is 20.6 Å². The van der Waals surface area contributed by atoms with E-state index in [1.807, 2.05) is 0 Å². The van der Waals surface area contributed by atoms with Crippen molar-refractivity contribution >= 4 is 42.7 Å². The molecule has 0 aromatic heterocycles. The van der Waals surface area contributed by atoms with E-state index < -0.39 is 18.9 Å². The molecule has 8 saturated carbocycles. The van der Waals surface area contributed by atoms with Crippen molar-refractivity contribution in [2.24, 2.45) is 35.5 Å². The number of rotatable bonds is 10. The molecule has 0 aliphatic heterocycles. The van der Waals surface area contributed by atoms with Crippen LogP contribution in [0.3, 0.4) is 0 Å². The molecule has 2 atom stereocenters. The van der Waals surface area contributed by atoms with Crippen LogP contribution in [0.4, 0.5) is 0 Å². The maximum atomic E-state index is 14.2. The molecule has 49 heavy (non-hydrogen) atoms. The summed E-state index contributed by atoms with van der Waals surface area (Å²) in [6.07, 6.45) is 19.0. The standard InChI is InChI=1S/C44H57NOP2S/c1-42(2,3)49(46)45-40(30-47(37-12-6-4-7-13-37)38-14-8-5-9-15-38)39-16-10-11-17-41(39)48(43-24-31-18-32(25-43)20-33(19-31)26-43)44-27-34-21-35(28-44)23-36(22-34)29-44/h4-17,31-36,40,45H,18-30H2,1-3H3. The van der Waals surface area contributed by atoms with Crippen molar-refractivity contribution < 1.29 is 4.21 Å². The quantitative estimate of drug-likeness (QED) is 0.209. The third kappa shape index (κ3) is 6.28. The van der Waals surface area contributed by atoms with Crippen LogP contribution in [-0.2, 0) is 11.0 Å². The summed E-state index contributed by atoms with van der Waals surface area (Å²) in [5.74, 6) is 5.77. The molecule has 8 aliphatic rings. The largest absolute Gasteiger partial charge is 0.242 e. The predicted molar refractivity (Wildman–Crippen MR) is 213 cm³/mol. The first-order valence-corrected chi connectivity index (χ1v) is 23.6. The Hall–Kier alpha value is -1.37. The molecule has 3 aromatic carbocycles. The van der Waals surface area contributed by atoms with Crippen LogP contribution in [0.5, 0.6) is 0 Å². The van der Waals surface area contributed by atoms with E-state index in [1.165, 1.54) is 93.2 Å². The topological polar surface area (TPSA) is 29.1 Å². The molecule has 11 rings (SSSR count). The van der Waals surface area contributed by atoms with Crippen LogP contribution in [0, 0.1) is 35.5 Å². The van der Waals surface area contributed by atoms with Crippen molar-refractivity contribution in [1.82, 2.24) is 4.72 Å². The van der Waals surface area contributed by atoms with Gasteiger partial charge in [0.15, 0.2) is 0 Å². The van der Waals surface area contributed by atoms with Gasteiger partial charge >= 0.3 is 0 Å². The summed E-state index contributed by atoms with van der Waals surface area (Å²) >= 11 is 0. The molecule has 5 heteroatoms. The molecule has 0 amide bonds. The Morgan fingerprint density at radius 1 is 0.633 bits per heavy atom. The fraction of sp³-hybridized carbons (Fsp3) is 0.591. The Labute approximate surface area is 301 Å². The fourth-order valence-electron chi connectivity index (χ4n) is 12.9. The van der Waals surface area contributed by atoms with Crippen molar-refractivity contribution in [1.29, 1.82) is 0 Å². The molecule has 1 N–H and O–H groups in total. The lowest BCUT2D eigenvalue weighted by Crippen LogP contribution is -2.58. The Morgan fingerprint density at radius 2 is 1.02 bits per heavy atom. The van der Waals surface area contributed by atoms with Crippen LogP contribution in [0.2, 0.25) is 0 Å². The lowest BCUT2D eigenvalue weighted by atomic mass is 9.55. The zero-order valence-electron chi connectivity index (χ0n) is 30.0. The monoisotopic (exact) mass is 709 g/mol. The van der Waals surface area contributed by atoms with Gasteiger partial charge in [-0.3, -0.25) is 0 Å².